The molecule has 0 unspecified atom stereocenters. The molecule has 6 heteroatoms. The van der Waals surface area contributed by atoms with Crippen molar-refractivity contribution < 1.29 is 14.6 Å². The number of carboxylic acids is 1. The first-order valence-electron chi connectivity index (χ1n) is 5.90. The highest BCUT2D eigenvalue weighted by molar-refractivity contribution is 9.10. The van der Waals surface area contributed by atoms with Gasteiger partial charge in [-0.05, 0) is 52.5 Å². The van der Waals surface area contributed by atoms with E-state index in [0.29, 0.717) is 10.2 Å². The molecule has 0 amide bonds. The van der Waals surface area contributed by atoms with E-state index in [0.717, 1.165) is 36.3 Å². The van der Waals surface area contributed by atoms with E-state index in [2.05, 4.69) is 26.1 Å². The number of nitrogens with one attached hydrogen (secondary N) is 1. The van der Waals surface area contributed by atoms with Crippen LogP contribution in [0.1, 0.15) is 22.5 Å². The first-order valence-corrected chi connectivity index (χ1v) is 6.69. The average Bonchev–Trinajstić information content (AvgIpc) is 2.80. The number of aromatic carboxylic acids is 1. The third-order valence-electron chi connectivity index (χ3n) is 3.10. The van der Waals surface area contributed by atoms with Crippen molar-refractivity contribution in [1.82, 2.24) is 10.2 Å². The van der Waals surface area contributed by atoms with E-state index < -0.39 is 5.97 Å². The topological polar surface area (TPSA) is 75.2 Å². The second-order valence-corrected chi connectivity index (χ2v) is 5.13. The van der Waals surface area contributed by atoms with Crippen LogP contribution in [-0.2, 0) is 6.42 Å². The van der Waals surface area contributed by atoms with Gasteiger partial charge in [-0.1, -0.05) is 0 Å². The van der Waals surface area contributed by atoms with Crippen molar-refractivity contribution in [2.75, 3.05) is 6.61 Å². The molecule has 0 aliphatic carbocycles. The van der Waals surface area contributed by atoms with E-state index in [1.807, 2.05) is 18.2 Å². The molecule has 0 bridgehead atoms. The lowest BCUT2D eigenvalue weighted by molar-refractivity contribution is 0.0689. The summed E-state index contributed by atoms with van der Waals surface area (Å²) >= 11 is 3.28. The fourth-order valence-electron chi connectivity index (χ4n) is 2.17. The first-order chi connectivity index (χ1) is 9.16. The summed E-state index contributed by atoms with van der Waals surface area (Å²) in [5.41, 5.74) is 2.67. The molecular weight excluding hydrogens is 312 g/mol. The molecule has 1 aromatic carbocycles. The zero-order chi connectivity index (χ0) is 13.4. The van der Waals surface area contributed by atoms with E-state index in [1.165, 1.54) is 0 Å². The number of nitrogens with zero attached hydrogens (tertiary/aromatic N) is 1. The van der Waals surface area contributed by atoms with E-state index in [4.69, 9.17) is 9.84 Å². The number of halogens is 1. The van der Waals surface area contributed by atoms with Gasteiger partial charge in [0.1, 0.15) is 11.4 Å². The van der Waals surface area contributed by atoms with Crippen LogP contribution in [0, 0.1) is 0 Å². The third kappa shape index (κ3) is 2.12. The highest BCUT2D eigenvalue weighted by atomic mass is 79.9. The highest BCUT2D eigenvalue weighted by Gasteiger charge is 2.19. The molecule has 98 valence electrons. The predicted octanol–water partition coefficient (Wildman–Crippen LogP) is 2.86. The molecule has 1 aliphatic rings. The van der Waals surface area contributed by atoms with Crippen molar-refractivity contribution in [3.63, 3.8) is 0 Å². The number of ether oxygens (including phenoxy) is 1. The molecule has 0 spiro atoms. The lowest BCUT2D eigenvalue weighted by Gasteiger charge is -2.17. The molecule has 19 heavy (non-hydrogen) atoms. The van der Waals surface area contributed by atoms with Crippen LogP contribution in [0.2, 0.25) is 0 Å². The maximum absolute atomic E-state index is 11.0. The van der Waals surface area contributed by atoms with Crippen molar-refractivity contribution in [3.05, 3.63) is 33.9 Å². The summed E-state index contributed by atoms with van der Waals surface area (Å²) < 4.78 is 6.02. The minimum atomic E-state index is -1.04. The van der Waals surface area contributed by atoms with E-state index in [1.54, 1.807) is 0 Å². The molecule has 3 rings (SSSR count). The SMILES string of the molecule is O=C(O)c1[nH]nc(-c2ccc3c(c2)CCCO3)c1Br. The van der Waals surface area contributed by atoms with Crippen molar-refractivity contribution in [1.29, 1.82) is 0 Å². The van der Waals surface area contributed by atoms with E-state index in [-0.39, 0.29) is 5.69 Å². The molecule has 0 atom stereocenters. The van der Waals surface area contributed by atoms with E-state index >= 15 is 0 Å². The molecule has 0 saturated carbocycles. The fraction of sp³-hybridized carbons (Fsp3) is 0.231. The number of H-pyrrole nitrogens is 1. The van der Waals surface area contributed by atoms with Crippen LogP contribution >= 0.6 is 15.9 Å². The Balaban J connectivity index is 2.05. The Morgan fingerprint density at radius 3 is 3.05 bits per heavy atom. The molecule has 1 aliphatic heterocycles. The number of fused-ring (bicyclic) bond motifs is 1. The van der Waals surface area contributed by atoms with Crippen molar-refractivity contribution in [2.24, 2.45) is 0 Å². The normalized spacial score (nSPS) is 13.7. The van der Waals surface area contributed by atoms with Crippen LogP contribution in [0.4, 0.5) is 0 Å². The molecule has 0 saturated heterocycles. The minimum Gasteiger partial charge on any atom is -0.493 e. The predicted molar refractivity (Wildman–Crippen MR) is 72.5 cm³/mol. The summed E-state index contributed by atoms with van der Waals surface area (Å²) in [4.78, 5) is 11.0. The standard InChI is InChI=1S/C13H11BrN2O3/c14-10-11(15-16-12(10)13(17)18)8-3-4-9-7(6-8)2-1-5-19-9/h3-4,6H,1-2,5H2,(H,15,16)(H,17,18). The minimum absolute atomic E-state index is 0.0592. The number of carboxylic acid groups (broad SMARTS) is 1. The molecule has 5 nitrogen and oxygen atoms in total. The van der Waals surface area contributed by atoms with Crippen LogP contribution in [0.15, 0.2) is 22.7 Å². The zero-order valence-electron chi connectivity index (χ0n) is 9.94. The van der Waals surface area contributed by atoms with Gasteiger partial charge in [0.25, 0.3) is 0 Å². The van der Waals surface area contributed by atoms with Crippen LogP contribution in [0.25, 0.3) is 11.3 Å². The van der Waals surface area contributed by atoms with Crippen LogP contribution in [-0.4, -0.2) is 27.9 Å². The highest BCUT2D eigenvalue weighted by Crippen LogP contribution is 2.33. The number of carbonyl (C=O) groups is 1. The van der Waals surface area contributed by atoms with Gasteiger partial charge in [-0.25, -0.2) is 4.79 Å². The molecular formula is C13H11BrN2O3. The number of aromatic amines is 1. The van der Waals surface area contributed by atoms with Gasteiger partial charge in [-0.15, -0.1) is 0 Å². The van der Waals surface area contributed by atoms with Gasteiger partial charge >= 0.3 is 5.97 Å². The van der Waals surface area contributed by atoms with Gasteiger partial charge < -0.3 is 9.84 Å². The van der Waals surface area contributed by atoms with Gasteiger partial charge in [0.2, 0.25) is 0 Å². The van der Waals surface area contributed by atoms with Gasteiger partial charge in [0.15, 0.2) is 5.69 Å². The fourth-order valence-corrected chi connectivity index (χ4v) is 2.74. The van der Waals surface area contributed by atoms with Gasteiger partial charge in [-0.3, -0.25) is 5.10 Å². The zero-order valence-corrected chi connectivity index (χ0v) is 11.5. The van der Waals surface area contributed by atoms with Crippen LogP contribution in [0.5, 0.6) is 5.75 Å². The maximum Gasteiger partial charge on any atom is 0.355 e. The molecule has 2 aromatic rings. The van der Waals surface area contributed by atoms with Crippen LogP contribution in [0.3, 0.4) is 0 Å². The monoisotopic (exact) mass is 322 g/mol. The lowest BCUT2D eigenvalue weighted by atomic mass is 10.0. The van der Waals surface area contributed by atoms with Gasteiger partial charge in [-0.2, -0.15) is 5.10 Å². The molecule has 2 N–H and O–H groups in total. The Kier molecular flexibility index (Phi) is 3.02. The Morgan fingerprint density at radius 2 is 2.32 bits per heavy atom. The van der Waals surface area contributed by atoms with Gasteiger partial charge in [0.05, 0.1) is 11.1 Å². The van der Waals surface area contributed by atoms with Crippen molar-refractivity contribution >= 4 is 21.9 Å². The number of aryl methyl sites for hydroxylation is 1. The van der Waals surface area contributed by atoms with E-state index in [9.17, 15) is 4.79 Å². The smallest absolute Gasteiger partial charge is 0.355 e. The Bertz CT molecular complexity index is 651. The lowest BCUT2D eigenvalue weighted by Crippen LogP contribution is -2.08. The number of hydrogen-bond acceptors (Lipinski definition) is 3. The summed E-state index contributed by atoms with van der Waals surface area (Å²) in [6, 6.07) is 5.79. The Morgan fingerprint density at radius 1 is 1.47 bits per heavy atom. The third-order valence-corrected chi connectivity index (χ3v) is 3.87. The summed E-state index contributed by atoms with van der Waals surface area (Å²) in [6.45, 7) is 0.752. The van der Waals surface area contributed by atoms with Crippen molar-refractivity contribution in [3.8, 4) is 17.0 Å². The number of aromatic nitrogens is 2. The Hall–Kier alpha value is -1.82. The summed E-state index contributed by atoms with van der Waals surface area (Å²) in [7, 11) is 0. The maximum atomic E-state index is 11.0. The number of rotatable bonds is 2. The van der Waals surface area contributed by atoms with Crippen molar-refractivity contribution in [2.45, 2.75) is 12.8 Å². The van der Waals surface area contributed by atoms with Crippen LogP contribution < -0.4 is 4.74 Å². The molecule has 2 heterocycles. The number of hydrogen-bond donors (Lipinski definition) is 2. The summed E-state index contributed by atoms with van der Waals surface area (Å²) in [5.74, 6) is -0.132. The molecule has 0 fully saturated rings. The second-order valence-electron chi connectivity index (χ2n) is 4.34. The van der Waals surface area contributed by atoms with Gasteiger partial charge in [0, 0.05) is 5.56 Å². The Labute approximate surface area is 117 Å². The summed E-state index contributed by atoms with van der Waals surface area (Å²) in [5, 5.41) is 15.6. The second kappa shape index (κ2) is 4.70. The molecule has 0 radical (unpaired) electrons. The first kappa shape index (κ1) is 12.2. The summed E-state index contributed by atoms with van der Waals surface area (Å²) in [6.07, 6.45) is 1.97. The number of benzene rings is 1. The quantitative estimate of drug-likeness (QED) is 0.891. The largest absolute Gasteiger partial charge is 0.493 e. The molecule has 1 aromatic heterocycles. The average molecular weight is 323 g/mol.